The lowest BCUT2D eigenvalue weighted by Gasteiger charge is -2.17. The van der Waals surface area contributed by atoms with Crippen molar-refractivity contribution in [2.24, 2.45) is 0 Å². The molecule has 2 aromatic rings. The number of anilines is 1. The molecule has 0 atom stereocenters. The van der Waals surface area contributed by atoms with E-state index in [4.69, 9.17) is 9.15 Å². The van der Waals surface area contributed by atoms with Crippen molar-refractivity contribution in [3.8, 4) is 5.88 Å². The van der Waals surface area contributed by atoms with E-state index in [-0.39, 0.29) is 16.8 Å². The van der Waals surface area contributed by atoms with Crippen LogP contribution in [0.5, 0.6) is 5.88 Å². The summed E-state index contributed by atoms with van der Waals surface area (Å²) >= 11 is 0. The molecule has 3 rings (SSSR count). The molecule has 0 radical (unpaired) electrons. The molecule has 8 nitrogen and oxygen atoms in total. The normalized spacial score (nSPS) is 16.2. The fourth-order valence-corrected chi connectivity index (χ4v) is 3.48. The number of sulfonamides is 1. The van der Waals surface area contributed by atoms with Crippen molar-refractivity contribution < 1.29 is 17.6 Å². The Morgan fingerprint density at radius 3 is 2.65 bits per heavy atom. The predicted molar refractivity (Wildman–Crippen MR) is 81.7 cm³/mol. The minimum absolute atomic E-state index is 0.00397. The number of aromatic nitrogens is 3. The summed E-state index contributed by atoms with van der Waals surface area (Å²) in [6.07, 6.45) is 6.68. The van der Waals surface area contributed by atoms with Crippen LogP contribution in [0.1, 0.15) is 43.9 Å². The van der Waals surface area contributed by atoms with Crippen molar-refractivity contribution in [1.82, 2.24) is 15.2 Å². The Morgan fingerprint density at radius 2 is 2.00 bits per heavy atom. The van der Waals surface area contributed by atoms with E-state index in [2.05, 4.69) is 19.9 Å². The number of nitrogens with one attached hydrogen (secondary N) is 1. The van der Waals surface area contributed by atoms with Gasteiger partial charge in [-0.05, 0) is 18.9 Å². The molecule has 0 spiro atoms. The molecule has 0 saturated heterocycles. The van der Waals surface area contributed by atoms with Gasteiger partial charge in [0.05, 0.1) is 13.3 Å². The van der Waals surface area contributed by atoms with Crippen LogP contribution in [0, 0.1) is 0 Å². The van der Waals surface area contributed by atoms with Crippen LogP contribution in [0.3, 0.4) is 0 Å². The molecule has 2 aromatic heterocycles. The number of ether oxygens (including phenoxy) is 1. The van der Waals surface area contributed by atoms with Crippen molar-refractivity contribution in [3.05, 3.63) is 24.2 Å². The van der Waals surface area contributed by atoms with Gasteiger partial charge in [-0.2, -0.15) is 0 Å². The van der Waals surface area contributed by atoms with Crippen molar-refractivity contribution in [1.29, 1.82) is 0 Å². The maximum absolute atomic E-state index is 12.3. The Morgan fingerprint density at radius 1 is 1.22 bits per heavy atom. The zero-order chi connectivity index (χ0) is 16.3. The van der Waals surface area contributed by atoms with Crippen molar-refractivity contribution in [3.63, 3.8) is 0 Å². The lowest BCUT2D eigenvalue weighted by atomic mass is 9.89. The molecule has 0 amide bonds. The van der Waals surface area contributed by atoms with E-state index in [1.807, 2.05) is 0 Å². The second-order valence-corrected chi connectivity index (χ2v) is 7.10. The molecule has 124 valence electrons. The smallest absolute Gasteiger partial charge is 0.329 e. The van der Waals surface area contributed by atoms with E-state index in [9.17, 15) is 8.42 Å². The second kappa shape index (κ2) is 6.53. The minimum Gasteiger partial charge on any atom is -0.481 e. The predicted octanol–water partition coefficient (Wildman–Crippen LogP) is 2.32. The standard InChI is InChI=1S/C14H18N4O4S/c1-21-12-8-7-11(9-15-12)23(19,20)18-14-17-16-13(22-14)10-5-3-2-4-6-10/h7-10H,2-6H2,1H3,(H,17,18). The highest BCUT2D eigenvalue weighted by atomic mass is 32.2. The number of nitrogens with zero attached hydrogens (tertiary/aromatic N) is 3. The van der Waals surface area contributed by atoms with Gasteiger partial charge in [0.2, 0.25) is 11.8 Å². The monoisotopic (exact) mass is 338 g/mol. The van der Waals surface area contributed by atoms with Crippen LogP contribution in [0.15, 0.2) is 27.6 Å². The van der Waals surface area contributed by atoms with Gasteiger partial charge in [-0.25, -0.2) is 18.1 Å². The van der Waals surface area contributed by atoms with Crippen LogP contribution in [0.25, 0.3) is 0 Å². The molecule has 1 aliphatic rings. The van der Waals surface area contributed by atoms with E-state index in [1.54, 1.807) is 0 Å². The van der Waals surface area contributed by atoms with Crippen LogP contribution < -0.4 is 9.46 Å². The van der Waals surface area contributed by atoms with E-state index in [0.29, 0.717) is 11.8 Å². The van der Waals surface area contributed by atoms with Gasteiger partial charge in [0.1, 0.15) is 4.90 Å². The van der Waals surface area contributed by atoms with Gasteiger partial charge in [0.25, 0.3) is 10.0 Å². The molecule has 9 heteroatoms. The van der Waals surface area contributed by atoms with Crippen molar-refractivity contribution in [2.45, 2.75) is 42.9 Å². The third-order valence-electron chi connectivity index (χ3n) is 3.85. The average Bonchev–Trinajstić information content (AvgIpc) is 3.03. The number of rotatable bonds is 5. The Kier molecular flexibility index (Phi) is 4.46. The topological polar surface area (TPSA) is 107 Å². The molecule has 0 bridgehead atoms. The Bertz CT molecular complexity index is 751. The van der Waals surface area contributed by atoms with E-state index >= 15 is 0 Å². The molecule has 1 saturated carbocycles. The fraction of sp³-hybridized carbons (Fsp3) is 0.500. The van der Waals surface area contributed by atoms with Crippen LogP contribution in [0.4, 0.5) is 6.01 Å². The summed E-state index contributed by atoms with van der Waals surface area (Å²) in [6, 6.07) is 2.74. The molecule has 1 N–H and O–H groups in total. The summed E-state index contributed by atoms with van der Waals surface area (Å²) in [6.45, 7) is 0. The summed E-state index contributed by atoms with van der Waals surface area (Å²) in [5.74, 6) is 1.05. The van der Waals surface area contributed by atoms with Gasteiger partial charge in [0.15, 0.2) is 0 Å². The zero-order valence-corrected chi connectivity index (χ0v) is 13.5. The highest BCUT2D eigenvalue weighted by molar-refractivity contribution is 7.92. The first-order chi connectivity index (χ1) is 11.1. The maximum atomic E-state index is 12.3. The van der Waals surface area contributed by atoms with Crippen molar-refractivity contribution >= 4 is 16.0 Å². The first-order valence-electron chi connectivity index (χ1n) is 7.45. The van der Waals surface area contributed by atoms with Gasteiger partial charge >= 0.3 is 6.01 Å². The maximum Gasteiger partial charge on any atom is 0.329 e. The Balaban J connectivity index is 1.73. The first kappa shape index (κ1) is 15.7. The highest BCUT2D eigenvalue weighted by Gasteiger charge is 2.23. The van der Waals surface area contributed by atoms with Crippen LogP contribution >= 0.6 is 0 Å². The quantitative estimate of drug-likeness (QED) is 0.891. The van der Waals surface area contributed by atoms with Crippen LogP contribution in [-0.4, -0.2) is 30.7 Å². The molecule has 1 fully saturated rings. The number of methoxy groups -OCH3 is 1. The Hall–Kier alpha value is -2.16. The Labute approximate surface area is 134 Å². The largest absolute Gasteiger partial charge is 0.481 e. The highest BCUT2D eigenvalue weighted by Crippen LogP contribution is 2.32. The molecular weight excluding hydrogens is 320 g/mol. The van der Waals surface area contributed by atoms with E-state index < -0.39 is 10.0 Å². The fourth-order valence-electron chi connectivity index (χ4n) is 2.61. The third kappa shape index (κ3) is 3.61. The molecule has 23 heavy (non-hydrogen) atoms. The van der Waals surface area contributed by atoms with Crippen LogP contribution in [0.2, 0.25) is 0 Å². The average molecular weight is 338 g/mol. The van der Waals surface area contributed by atoms with Gasteiger partial charge in [-0.1, -0.05) is 24.4 Å². The van der Waals surface area contributed by atoms with Gasteiger partial charge in [0, 0.05) is 12.0 Å². The van der Waals surface area contributed by atoms with Gasteiger partial charge in [-0.3, -0.25) is 0 Å². The summed E-state index contributed by atoms with van der Waals surface area (Å²) < 4.78 is 37.2. The number of hydrogen-bond donors (Lipinski definition) is 1. The van der Waals surface area contributed by atoms with Gasteiger partial charge < -0.3 is 9.15 Å². The summed E-state index contributed by atoms with van der Waals surface area (Å²) in [5, 5.41) is 7.75. The third-order valence-corrected chi connectivity index (χ3v) is 5.15. The van der Waals surface area contributed by atoms with E-state index in [1.165, 1.54) is 31.9 Å². The lowest BCUT2D eigenvalue weighted by Crippen LogP contribution is -2.13. The molecule has 0 aromatic carbocycles. The first-order valence-corrected chi connectivity index (χ1v) is 8.93. The summed E-state index contributed by atoms with van der Waals surface area (Å²) in [4.78, 5) is 3.87. The van der Waals surface area contributed by atoms with Crippen molar-refractivity contribution in [2.75, 3.05) is 11.8 Å². The summed E-state index contributed by atoms with van der Waals surface area (Å²) in [7, 11) is -2.36. The molecule has 0 aliphatic heterocycles. The van der Waals surface area contributed by atoms with E-state index in [0.717, 1.165) is 25.7 Å². The number of pyridine rings is 1. The minimum atomic E-state index is -3.82. The molecule has 2 heterocycles. The van der Waals surface area contributed by atoms with Crippen LogP contribution in [-0.2, 0) is 10.0 Å². The summed E-state index contributed by atoms with van der Waals surface area (Å²) in [5.41, 5.74) is 0. The zero-order valence-electron chi connectivity index (χ0n) is 12.7. The second-order valence-electron chi connectivity index (χ2n) is 5.42. The number of hydrogen-bond acceptors (Lipinski definition) is 7. The molecule has 1 aliphatic carbocycles. The SMILES string of the molecule is COc1ccc(S(=O)(=O)Nc2nnc(C3CCCCC3)o2)cn1. The molecular formula is C14H18N4O4S. The molecule has 0 unspecified atom stereocenters. The van der Waals surface area contributed by atoms with Gasteiger partial charge in [-0.15, -0.1) is 5.10 Å². The lowest BCUT2D eigenvalue weighted by molar-refractivity contribution is 0.368.